The van der Waals surface area contributed by atoms with Gasteiger partial charge in [-0.2, -0.15) is 0 Å². The molecule has 1 saturated heterocycles. The molecule has 0 spiro atoms. The lowest BCUT2D eigenvalue weighted by Crippen LogP contribution is -2.36. The second kappa shape index (κ2) is 45.2. The Morgan fingerprint density at radius 1 is 0.547 bits per heavy atom. The number of unbranched alkanes of at least 4 members (excludes halogenated alkanes) is 17. The molecular formula is C54H96N2O8. The van der Waals surface area contributed by atoms with Gasteiger partial charge in [-0.3, -0.25) is 9.59 Å². The lowest BCUT2D eigenvalue weighted by atomic mass is 10.1. The highest BCUT2D eigenvalue weighted by Gasteiger charge is 2.22. The van der Waals surface area contributed by atoms with Crippen molar-refractivity contribution in [1.82, 2.24) is 10.2 Å². The van der Waals surface area contributed by atoms with E-state index in [9.17, 15) is 19.5 Å². The summed E-state index contributed by atoms with van der Waals surface area (Å²) in [6.07, 6.45) is 45.8. The smallest absolute Gasteiger partial charge is 0.407 e. The number of allylic oxidation sites excluding steroid dienone is 8. The number of ether oxygens (including phenoxy) is 4. The molecule has 0 radical (unpaired) electrons. The van der Waals surface area contributed by atoms with E-state index in [1.807, 2.05) is 0 Å². The van der Waals surface area contributed by atoms with Crippen molar-refractivity contribution in [3.63, 3.8) is 0 Å². The predicted molar refractivity (Wildman–Crippen MR) is 264 cm³/mol. The zero-order valence-electron chi connectivity index (χ0n) is 41.3. The topological polar surface area (TPSA) is 124 Å². The largest absolute Gasteiger partial charge is 0.463 e. The summed E-state index contributed by atoms with van der Waals surface area (Å²) in [6, 6.07) is 0. The van der Waals surface area contributed by atoms with Gasteiger partial charge in [0, 0.05) is 32.4 Å². The molecule has 0 saturated carbocycles. The number of nitrogens with one attached hydrogen (secondary N) is 1. The molecular weight excluding hydrogens is 805 g/mol. The molecule has 2 unspecified atom stereocenters. The van der Waals surface area contributed by atoms with Crippen LogP contribution in [0.4, 0.5) is 4.79 Å². The van der Waals surface area contributed by atoms with E-state index in [2.05, 4.69) is 79.6 Å². The van der Waals surface area contributed by atoms with Gasteiger partial charge < -0.3 is 34.3 Å². The van der Waals surface area contributed by atoms with E-state index in [0.29, 0.717) is 32.2 Å². The molecule has 0 bridgehead atoms. The summed E-state index contributed by atoms with van der Waals surface area (Å²) in [5, 5.41) is 13.8. The molecule has 1 rings (SSSR count). The third kappa shape index (κ3) is 39.4. The molecule has 1 aliphatic rings. The fourth-order valence-electron chi connectivity index (χ4n) is 7.63. The third-order valence-corrected chi connectivity index (χ3v) is 11.7. The van der Waals surface area contributed by atoms with Gasteiger partial charge in [-0.25, -0.2) is 4.79 Å². The first-order valence-electron chi connectivity index (χ1n) is 26.3. The quantitative estimate of drug-likeness (QED) is 0.0202. The zero-order valence-corrected chi connectivity index (χ0v) is 41.3. The van der Waals surface area contributed by atoms with Crippen molar-refractivity contribution in [1.29, 1.82) is 0 Å². The molecule has 0 aromatic heterocycles. The maximum atomic E-state index is 12.7. The van der Waals surface area contributed by atoms with Crippen LogP contribution in [0.1, 0.15) is 220 Å². The summed E-state index contributed by atoms with van der Waals surface area (Å²) >= 11 is 0. The molecule has 1 heterocycles. The van der Waals surface area contributed by atoms with Gasteiger partial charge in [0.05, 0.1) is 0 Å². The van der Waals surface area contributed by atoms with Gasteiger partial charge in [0.2, 0.25) is 0 Å². The van der Waals surface area contributed by atoms with Crippen LogP contribution in [0.15, 0.2) is 48.6 Å². The van der Waals surface area contributed by atoms with Gasteiger partial charge in [0.1, 0.15) is 25.4 Å². The summed E-state index contributed by atoms with van der Waals surface area (Å²) in [5.74, 6) is -0.650. The molecule has 2 N–H and O–H groups in total. The molecule has 1 fully saturated rings. The van der Waals surface area contributed by atoms with Crippen LogP contribution < -0.4 is 5.32 Å². The standard InChI is InChI=1S/C54H96N2O8/c1-4-7-10-12-14-16-18-20-22-24-26-28-30-32-34-39-51(57)61-47-50(48-62-52(58)40-35-33-31-29-27-25-23-21-19-17-15-13-11-8-5-2)63-53(59)42-41-49(38-9-6-3)64-54(60)55-43-46-56-44-36-37-45-56/h14-17,20-23,49-50,53,59H,4-13,18-19,24-48H2,1-3H3,(H,55,60)/b16-14-,17-15-,22-20-,23-21-. The lowest BCUT2D eigenvalue weighted by molar-refractivity contribution is -0.183. The number of esters is 2. The van der Waals surface area contributed by atoms with Gasteiger partial charge in [-0.1, -0.05) is 146 Å². The normalized spacial score (nSPS) is 14.5. The summed E-state index contributed by atoms with van der Waals surface area (Å²) < 4.78 is 22.8. The van der Waals surface area contributed by atoms with E-state index < -0.39 is 18.5 Å². The van der Waals surface area contributed by atoms with E-state index in [1.165, 1.54) is 64.2 Å². The molecule has 370 valence electrons. The van der Waals surface area contributed by atoms with Crippen LogP contribution >= 0.6 is 0 Å². The highest BCUT2D eigenvalue weighted by Crippen LogP contribution is 2.17. The number of alkyl carbamates (subject to hydrolysis) is 1. The summed E-state index contributed by atoms with van der Waals surface area (Å²) in [6.45, 7) is 9.79. The van der Waals surface area contributed by atoms with Crippen molar-refractivity contribution in [2.24, 2.45) is 0 Å². The molecule has 10 nitrogen and oxygen atoms in total. The average Bonchev–Trinajstić information content (AvgIpc) is 3.81. The second-order valence-corrected chi connectivity index (χ2v) is 17.8. The van der Waals surface area contributed by atoms with Gasteiger partial charge in [0.15, 0.2) is 6.29 Å². The Bertz CT molecular complexity index is 1150. The second-order valence-electron chi connectivity index (χ2n) is 17.8. The first-order valence-corrected chi connectivity index (χ1v) is 26.3. The maximum Gasteiger partial charge on any atom is 0.407 e. The van der Waals surface area contributed by atoms with Crippen molar-refractivity contribution in [2.45, 2.75) is 238 Å². The number of likely N-dealkylation sites (tertiary alicyclic amines) is 1. The lowest BCUT2D eigenvalue weighted by Gasteiger charge is -2.24. The monoisotopic (exact) mass is 901 g/mol. The van der Waals surface area contributed by atoms with Gasteiger partial charge in [0.25, 0.3) is 0 Å². The Kier molecular flexibility index (Phi) is 41.7. The van der Waals surface area contributed by atoms with Crippen molar-refractivity contribution >= 4 is 18.0 Å². The SMILES string of the molecule is CCCCC/C=C\C/C=C\CCCCCCCC(=O)OCC(COC(=O)CCCCCCC/C=C\C/C=C\CCCCC)OC(O)CCC(CCCC)OC(=O)NCCN1CCCC1. The zero-order chi connectivity index (χ0) is 46.4. The van der Waals surface area contributed by atoms with Crippen LogP contribution in [0.3, 0.4) is 0 Å². The number of aliphatic hydroxyl groups is 1. The van der Waals surface area contributed by atoms with Crippen LogP contribution in [-0.2, 0) is 28.5 Å². The van der Waals surface area contributed by atoms with E-state index in [-0.39, 0.29) is 37.7 Å². The minimum absolute atomic E-state index is 0.123. The molecule has 0 aromatic carbocycles. The Hall–Kier alpha value is -2.95. The van der Waals surface area contributed by atoms with Crippen LogP contribution in [-0.4, -0.2) is 85.9 Å². The minimum Gasteiger partial charge on any atom is -0.463 e. The number of carbonyl (C=O) groups excluding carboxylic acids is 3. The fraction of sp³-hybridized carbons (Fsp3) is 0.796. The van der Waals surface area contributed by atoms with E-state index in [0.717, 1.165) is 122 Å². The number of hydrogen-bond acceptors (Lipinski definition) is 9. The first kappa shape index (κ1) is 59.1. The van der Waals surface area contributed by atoms with E-state index >= 15 is 0 Å². The number of hydrogen-bond donors (Lipinski definition) is 2. The summed E-state index contributed by atoms with van der Waals surface area (Å²) in [7, 11) is 0. The van der Waals surface area contributed by atoms with E-state index in [4.69, 9.17) is 18.9 Å². The molecule has 64 heavy (non-hydrogen) atoms. The number of rotatable bonds is 44. The Morgan fingerprint density at radius 3 is 1.48 bits per heavy atom. The number of carbonyl (C=O) groups is 3. The minimum atomic E-state index is -1.21. The maximum absolute atomic E-state index is 12.7. The summed E-state index contributed by atoms with van der Waals surface area (Å²) in [4.78, 5) is 40.4. The van der Waals surface area contributed by atoms with Crippen molar-refractivity contribution in [2.75, 3.05) is 39.4 Å². The molecule has 1 amide bonds. The molecule has 10 heteroatoms. The number of amides is 1. The third-order valence-electron chi connectivity index (χ3n) is 11.7. The predicted octanol–water partition coefficient (Wildman–Crippen LogP) is 13.6. The van der Waals surface area contributed by atoms with Gasteiger partial charge in [-0.15, -0.1) is 0 Å². The van der Waals surface area contributed by atoms with Crippen molar-refractivity contribution in [3.05, 3.63) is 48.6 Å². The van der Waals surface area contributed by atoms with Crippen LogP contribution in [0.25, 0.3) is 0 Å². The molecule has 0 aliphatic carbocycles. The van der Waals surface area contributed by atoms with Gasteiger partial charge in [-0.05, 0) is 116 Å². The molecule has 1 aliphatic heterocycles. The Labute approximate surface area is 391 Å². The van der Waals surface area contributed by atoms with Crippen LogP contribution in [0.2, 0.25) is 0 Å². The average molecular weight is 901 g/mol. The molecule has 2 atom stereocenters. The van der Waals surface area contributed by atoms with Crippen LogP contribution in [0, 0.1) is 0 Å². The van der Waals surface area contributed by atoms with Crippen LogP contribution in [0.5, 0.6) is 0 Å². The van der Waals surface area contributed by atoms with Gasteiger partial charge >= 0.3 is 18.0 Å². The van der Waals surface area contributed by atoms with E-state index in [1.54, 1.807) is 0 Å². The molecule has 0 aromatic rings. The fourth-order valence-corrected chi connectivity index (χ4v) is 7.63. The number of aliphatic hydroxyl groups excluding tert-OH is 1. The summed E-state index contributed by atoms with van der Waals surface area (Å²) in [5.41, 5.74) is 0. The highest BCUT2D eigenvalue weighted by molar-refractivity contribution is 5.70. The Morgan fingerprint density at radius 2 is 1.00 bits per heavy atom. The highest BCUT2D eigenvalue weighted by atomic mass is 16.6. The first-order chi connectivity index (χ1) is 31.4. The number of nitrogens with zero attached hydrogens (tertiary/aromatic N) is 1. The van der Waals surface area contributed by atoms with Crippen molar-refractivity contribution in [3.8, 4) is 0 Å². The van der Waals surface area contributed by atoms with Crippen molar-refractivity contribution < 1.29 is 38.4 Å². The Balaban J connectivity index is 2.48.